The minimum atomic E-state index is -3.01. The number of hydrogen-bond acceptors (Lipinski definition) is 4. The molecular formula is C11H21NO3S. The van der Waals surface area contributed by atoms with Gasteiger partial charge in [0.25, 0.3) is 0 Å². The minimum absolute atomic E-state index is 0.00454. The second kappa shape index (κ2) is 5.77. The van der Waals surface area contributed by atoms with Gasteiger partial charge in [0.05, 0.1) is 11.8 Å². The molecule has 1 rings (SSSR count). The van der Waals surface area contributed by atoms with Gasteiger partial charge in [-0.2, -0.15) is 0 Å². The monoisotopic (exact) mass is 247 g/mol. The lowest BCUT2D eigenvalue weighted by Gasteiger charge is -2.13. The highest BCUT2D eigenvalue weighted by atomic mass is 32.2. The van der Waals surface area contributed by atoms with Gasteiger partial charge in [0.1, 0.15) is 15.6 Å². The summed E-state index contributed by atoms with van der Waals surface area (Å²) in [7, 11) is -3.01. The third kappa shape index (κ3) is 5.07. The maximum absolute atomic E-state index is 11.7. The fraction of sp³-hybridized carbons (Fsp3) is 0.909. The van der Waals surface area contributed by atoms with Crippen molar-refractivity contribution in [2.75, 3.05) is 12.0 Å². The first-order chi connectivity index (χ1) is 7.38. The first kappa shape index (κ1) is 13.6. The smallest absolute Gasteiger partial charge is 0.149 e. The molecule has 0 amide bonds. The summed E-state index contributed by atoms with van der Waals surface area (Å²) in [6, 6.07) is -0.602. The summed E-state index contributed by atoms with van der Waals surface area (Å²) in [5, 5.41) is 0. The van der Waals surface area contributed by atoms with Crippen LogP contribution in [0.3, 0.4) is 0 Å². The van der Waals surface area contributed by atoms with E-state index in [1.54, 1.807) is 0 Å². The van der Waals surface area contributed by atoms with E-state index in [1.807, 2.05) is 0 Å². The van der Waals surface area contributed by atoms with Crippen molar-refractivity contribution in [1.29, 1.82) is 0 Å². The van der Waals surface area contributed by atoms with Crippen LogP contribution in [0.15, 0.2) is 0 Å². The molecule has 1 atom stereocenters. The molecule has 94 valence electrons. The zero-order valence-electron chi connectivity index (χ0n) is 9.81. The summed E-state index contributed by atoms with van der Waals surface area (Å²) in [6.45, 7) is 0. The Morgan fingerprint density at radius 2 is 1.94 bits per heavy atom. The quantitative estimate of drug-likeness (QED) is 0.756. The number of hydrogen-bond donors (Lipinski definition) is 1. The minimum Gasteiger partial charge on any atom is -0.321 e. The Morgan fingerprint density at radius 1 is 1.38 bits per heavy atom. The van der Waals surface area contributed by atoms with Gasteiger partial charge in [-0.05, 0) is 12.3 Å². The predicted molar refractivity (Wildman–Crippen MR) is 63.9 cm³/mol. The van der Waals surface area contributed by atoms with E-state index in [4.69, 9.17) is 5.73 Å². The number of rotatable bonds is 6. The van der Waals surface area contributed by atoms with Gasteiger partial charge in [-0.1, -0.05) is 25.7 Å². The van der Waals surface area contributed by atoms with Gasteiger partial charge < -0.3 is 5.73 Å². The fourth-order valence-corrected chi connectivity index (χ4v) is 2.83. The molecule has 0 aromatic rings. The van der Waals surface area contributed by atoms with Crippen molar-refractivity contribution in [2.24, 2.45) is 11.7 Å². The Hall–Kier alpha value is -0.420. The molecule has 0 saturated heterocycles. The van der Waals surface area contributed by atoms with Gasteiger partial charge in [-0.25, -0.2) is 8.42 Å². The first-order valence-electron chi connectivity index (χ1n) is 5.84. The van der Waals surface area contributed by atoms with E-state index in [-0.39, 0.29) is 18.0 Å². The molecule has 0 bridgehead atoms. The normalized spacial score (nSPS) is 19.9. The predicted octanol–water partition coefficient (Wildman–Crippen LogP) is 0.898. The molecule has 4 nitrogen and oxygen atoms in total. The Kier molecular flexibility index (Phi) is 4.92. The second-order valence-electron chi connectivity index (χ2n) is 4.85. The van der Waals surface area contributed by atoms with Crippen molar-refractivity contribution >= 4 is 15.6 Å². The van der Waals surface area contributed by atoms with Crippen LogP contribution in [0.25, 0.3) is 0 Å². The number of ketones is 1. The Labute approximate surface area is 97.5 Å². The zero-order chi connectivity index (χ0) is 12.2. The van der Waals surface area contributed by atoms with Gasteiger partial charge >= 0.3 is 0 Å². The molecule has 5 heteroatoms. The Morgan fingerprint density at radius 3 is 2.44 bits per heavy atom. The van der Waals surface area contributed by atoms with Crippen molar-refractivity contribution in [2.45, 2.75) is 44.6 Å². The number of nitrogens with two attached hydrogens (primary N) is 1. The number of carbonyl (C=O) groups excluding carboxylic acids is 1. The molecule has 0 heterocycles. The molecule has 2 N–H and O–H groups in total. The number of sulfone groups is 1. The lowest BCUT2D eigenvalue weighted by atomic mass is 9.97. The maximum Gasteiger partial charge on any atom is 0.149 e. The number of Topliss-reactive ketones (excluding diaryl/α,β-unsaturated/α-hetero) is 1. The average molecular weight is 247 g/mol. The van der Waals surface area contributed by atoms with Gasteiger partial charge in [0, 0.05) is 12.7 Å². The van der Waals surface area contributed by atoms with E-state index < -0.39 is 15.9 Å². The zero-order valence-corrected chi connectivity index (χ0v) is 10.6. The van der Waals surface area contributed by atoms with Crippen molar-refractivity contribution in [3.8, 4) is 0 Å². The second-order valence-corrected chi connectivity index (χ2v) is 7.11. The molecule has 16 heavy (non-hydrogen) atoms. The van der Waals surface area contributed by atoms with Crippen LogP contribution in [-0.4, -0.2) is 32.3 Å². The lowest BCUT2D eigenvalue weighted by Crippen LogP contribution is -2.33. The summed E-state index contributed by atoms with van der Waals surface area (Å²) in [5.41, 5.74) is 5.69. The first-order valence-corrected chi connectivity index (χ1v) is 7.90. The van der Waals surface area contributed by atoms with E-state index in [2.05, 4.69) is 0 Å². The van der Waals surface area contributed by atoms with Crippen LogP contribution in [0.1, 0.15) is 38.5 Å². The fourth-order valence-electron chi connectivity index (χ4n) is 2.15. The molecule has 0 spiro atoms. The molecule has 1 aliphatic rings. The van der Waals surface area contributed by atoms with Gasteiger partial charge in [0.15, 0.2) is 0 Å². The third-order valence-electron chi connectivity index (χ3n) is 3.18. The Bertz CT molecular complexity index is 331. The molecule has 1 saturated carbocycles. The summed E-state index contributed by atoms with van der Waals surface area (Å²) >= 11 is 0. The van der Waals surface area contributed by atoms with Gasteiger partial charge in [-0.3, -0.25) is 4.79 Å². The topological polar surface area (TPSA) is 77.2 Å². The van der Waals surface area contributed by atoms with E-state index in [0.29, 0.717) is 12.3 Å². The largest absolute Gasteiger partial charge is 0.321 e. The highest BCUT2D eigenvalue weighted by Gasteiger charge is 2.22. The molecule has 1 fully saturated rings. The Balaban J connectivity index is 2.29. The van der Waals surface area contributed by atoms with Crippen molar-refractivity contribution < 1.29 is 13.2 Å². The molecule has 0 aliphatic heterocycles. The molecule has 0 radical (unpaired) electrons. The van der Waals surface area contributed by atoms with Gasteiger partial charge in [0.2, 0.25) is 0 Å². The average Bonchev–Trinajstić information content (AvgIpc) is 2.65. The summed E-state index contributed by atoms with van der Waals surface area (Å²) < 4.78 is 21.9. The van der Waals surface area contributed by atoms with Crippen LogP contribution in [0, 0.1) is 5.92 Å². The van der Waals surface area contributed by atoms with Crippen molar-refractivity contribution in [3.05, 3.63) is 0 Å². The highest BCUT2D eigenvalue weighted by molar-refractivity contribution is 7.90. The molecule has 0 aromatic heterocycles. The van der Waals surface area contributed by atoms with E-state index >= 15 is 0 Å². The molecule has 0 aromatic carbocycles. The summed E-state index contributed by atoms with van der Waals surface area (Å²) in [6.07, 6.45) is 6.60. The van der Waals surface area contributed by atoms with E-state index in [9.17, 15) is 13.2 Å². The standard InChI is InChI=1S/C11H21NO3S/c1-16(14,15)7-6-10(12)11(13)8-9-4-2-3-5-9/h9-10H,2-8,12H2,1H3/t10-/m0/s1. The van der Waals surface area contributed by atoms with Crippen molar-refractivity contribution in [1.82, 2.24) is 0 Å². The van der Waals surface area contributed by atoms with Crippen molar-refractivity contribution in [3.63, 3.8) is 0 Å². The van der Waals surface area contributed by atoms with E-state index in [1.165, 1.54) is 19.1 Å². The SMILES string of the molecule is CS(=O)(=O)CC[C@H](N)C(=O)CC1CCCC1. The number of carbonyl (C=O) groups is 1. The van der Waals surface area contributed by atoms with Crippen LogP contribution in [-0.2, 0) is 14.6 Å². The van der Waals surface area contributed by atoms with Crippen LogP contribution in [0.5, 0.6) is 0 Å². The maximum atomic E-state index is 11.7. The van der Waals surface area contributed by atoms with Crippen LogP contribution in [0.4, 0.5) is 0 Å². The lowest BCUT2D eigenvalue weighted by molar-refractivity contribution is -0.121. The van der Waals surface area contributed by atoms with Crippen LogP contribution < -0.4 is 5.73 Å². The summed E-state index contributed by atoms with van der Waals surface area (Å²) in [4.78, 5) is 11.7. The summed E-state index contributed by atoms with van der Waals surface area (Å²) in [5.74, 6) is 0.511. The van der Waals surface area contributed by atoms with Gasteiger partial charge in [-0.15, -0.1) is 0 Å². The van der Waals surface area contributed by atoms with E-state index in [0.717, 1.165) is 12.8 Å². The molecule has 1 aliphatic carbocycles. The van der Waals surface area contributed by atoms with Crippen LogP contribution in [0.2, 0.25) is 0 Å². The third-order valence-corrected chi connectivity index (χ3v) is 4.16. The highest BCUT2D eigenvalue weighted by Crippen LogP contribution is 2.27. The molecule has 0 unspecified atom stereocenters. The van der Waals surface area contributed by atoms with Crippen LogP contribution >= 0.6 is 0 Å². The molecular weight excluding hydrogens is 226 g/mol.